The molecule has 1 aromatic heterocycles. The molecule has 1 aromatic rings. The fraction of sp³-hybridized carbons (Fsp3) is 0.778. The summed E-state index contributed by atoms with van der Waals surface area (Å²) in [5.41, 5.74) is 5.76. The molecule has 1 unspecified atom stereocenters. The monoisotopic (exact) mass is 196 g/mol. The van der Waals surface area contributed by atoms with Crippen LogP contribution in [0.2, 0.25) is 0 Å². The van der Waals surface area contributed by atoms with Crippen molar-refractivity contribution < 1.29 is 4.74 Å². The van der Waals surface area contributed by atoms with Gasteiger partial charge in [-0.25, -0.2) is 4.68 Å². The Hall–Kier alpha value is -1.10. The van der Waals surface area contributed by atoms with Crippen molar-refractivity contribution in [3.63, 3.8) is 0 Å². The van der Waals surface area contributed by atoms with Crippen molar-refractivity contribution in [1.82, 2.24) is 15.0 Å². The first-order valence-electron chi connectivity index (χ1n) is 4.82. The average molecular weight is 196 g/mol. The summed E-state index contributed by atoms with van der Waals surface area (Å²) in [5.74, 6) is 0.460. The smallest absolute Gasteiger partial charge is 0.165 e. The molecule has 0 saturated carbocycles. The maximum atomic E-state index is 5.65. The fourth-order valence-corrected chi connectivity index (χ4v) is 1.81. The lowest BCUT2D eigenvalue weighted by Gasteiger charge is -2.13. The van der Waals surface area contributed by atoms with Crippen LogP contribution in [0.1, 0.15) is 20.3 Å². The summed E-state index contributed by atoms with van der Waals surface area (Å²) >= 11 is 0. The van der Waals surface area contributed by atoms with E-state index in [0.717, 1.165) is 19.6 Å². The van der Waals surface area contributed by atoms with Gasteiger partial charge in [0.15, 0.2) is 5.82 Å². The molecule has 0 spiro atoms. The lowest BCUT2D eigenvalue weighted by atomic mass is 9.91. The van der Waals surface area contributed by atoms with Crippen LogP contribution >= 0.6 is 0 Å². The minimum Gasteiger partial charge on any atom is -0.381 e. The molecule has 0 radical (unpaired) electrons. The number of nitrogens with zero attached hydrogens (tertiary/aromatic N) is 3. The molecule has 5 nitrogen and oxygen atoms in total. The lowest BCUT2D eigenvalue weighted by molar-refractivity contribution is 0.0848. The molecule has 2 N–H and O–H groups in total. The summed E-state index contributed by atoms with van der Waals surface area (Å²) in [6, 6.07) is 0. The Morgan fingerprint density at radius 3 is 3.00 bits per heavy atom. The summed E-state index contributed by atoms with van der Waals surface area (Å²) in [6.45, 7) is 5.99. The summed E-state index contributed by atoms with van der Waals surface area (Å²) in [5, 5.41) is 7.62. The predicted molar refractivity (Wildman–Crippen MR) is 52.6 cm³/mol. The van der Waals surface area contributed by atoms with E-state index in [9.17, 15) is 0 Å². The lowest BCUT2D eigenvalue weighted by Crippen LogP contribution is -2.16. The minimum absolute atomic E-state index is 0.242. The molecule has 2 rings (SSSR count). The maximum absolute atomic E-state index is 5.65. The summed E-state index contributed by atoms with van der Waals surface area (Å²) in [6.07, 6.45) is 3.03. The van der Waals surface area contributed by atoms with E-state index in [1.807, 2.05) is 0 Å². The van der Waals surface area contributed by atoms with E-state index in [2.05, 4.69) is 24.2 Å². The minimum atomic E-state index is 0.242. The van der Waals surface area contributed by atoms with Gasteiger partial charge >= 0.3 is 0 Å². The third-order valence-electron chi connectivity index (χ3n) is 2.44. The highest BCUT2D eigenvalue weighted by Crippen LogP contribution is 2.31. The van der Waals surface area contributed by atoms with Crippen LogP contribution in [-0.2, 0) is 11.3 Å². The van der Waals surface area contributed by atoms with Crippen molar-refractivity contribution >= 4 is 5.82 Å². The molecular formula is C9H16N4O. The van der Waals surface area contributed by atoms with E-state index >= 15 is 0 Å². The van der Waals surface area contributed by atoms with Gasteiger partial charge in [-0.3, -0.25) is 0 Å². The molecule has 1 saturated heterocycles. The first kappa shape index (κ1) is 9.45. The number of anilines is 1. The molecule has 2 heterocycles. The van der Waals surface area contributed by atoms with Crippen molar-refractivity contribution in [3.8, 4) is 0 Å². The highest BCUT2D eigenvalue weighted by Gasteiger charge is 2.32. The van der Waals surface area contributed by atoms with Crippen LogP contribution in [0.25, 0.3) is 0 Å². The van der Waals surface area contributed by atoms with Crippen molar-refractivity contribution in [2.45, 2.75) is 32.9 Å². The molecule has 0 aromatic carbocycles. The summed E-state index contributed by atoms with van der Waals surface area (Å²) < 4.78 is 7.39. The van der Waals surface area contributed by atoms with Gasteiger partial charge in [-0.1, -0.05) is 19.1 Å². The zero-order valence-electron chi connectivity index (χ0n) is 8.60. The van der Waals surface area contributed by atoms with Gasteiger partial charge in [-0.2, -0.15) is 0 Å². The molecule has 0 aliphatic carbocycles. The first-order chi connectivity index (χ1) is 6.55. The van der Waals surface area contributed by atoms with Crippen LogP contribution in [0.4, 0.5) is 5.82 Å². The quantitative estimate of drug-likeness (QED) is 0.755. The predicted octanol–water partition coefficient (Wildman–Crippen LogP) is 0.675. The van der Waals surface area contributed by atoms with Crippen molar-refractivity contribution in [3.05, 3.63) is 6.20 Å². The number of hydrogen-bond acceptors (Lipinski definition) is 4. The van der Waals surface area contributed by atoms with Gasteiger partial charge in [0.05, 0.1) is 25.5 Å². The number of ether oxygens (including phenoxy) is 1. The van der Waals surface area contributed by atoms with Gasteiger partial charge in [-0.05, 0) is 11.8 Å². The van der Waals surface area contributed by atoms with Gasteiger partial charge in [0.2, 0.25) is 0 Å². The standard InChI is InChI=1S/C9H16N4O/c1-9(2)3-7(14-6-9)4-13-5-8(10)11-12-13/h5,7H,3-4,6,10H2,1-2H3. The fourth-order valence-electron chi connectivity index (χ4n) is 1.81. The molecule has 1 fully saturated rings. The van der Waals surface area contributed by atoms with Crippen LogP contribution in [0, 0.1) is 5.41 Å². The van der Waals surface area contributed by atoms with E-state index in [4.69, 9.17) is 10.5 Å². The van der Waals surface area contributed by atoms with E-state index in [1.54, 1.807) is 10.9 Å². The third-order valence-corrected chi connectivity index (χ3v) is 2.44. The first-order valence-corrected chi connectivity index (χ1v) is 4.82. The zero-order chi connectivity index (χ0) is 10.2. The summed E-state index contributed by atoms with van der Waals surface area (Å²) in [4.78, 5) is 0. The Bertz CT molecular complexity index is 320. The van der Waals surface area contributed by atoms with Crippen LogP contribution in [0.5, 0.6) is 0 Å². The van der Waals surface area contributed by atoms with Gasteiger partial charge < -0.3 is 10.5 Å². The van der Waals surface area contributed by atoms with Crippen molar-refractivity contribution in [2.24, 2.45) is 5.41 Å². The number of rotatable bonds is 2. The number of nitrogens with two attached hydrogens (primary N) is 1. The number of nitrogen functional groups attached to an aromatic ring is 1. The molecule has 14 heavy (non-hydrogen) atoms. The molecule has 1 atom stereocenters. The number of hydrogen-bond donors (Lipinski definition) is 1. The second-order valence-corrected chi connectivity index (χ2v) is 4.67. The average Bonchev–Trinajstić information content (AvgIpc) is 2.59. The van der Waals surface area contributed by atoms with Gasteiger partial charge in [0.1, 0.15) is 0 Å². The SMILES string of the molecule is CC1(C)COC(Cn2cc(N)nn2)C1. The highest BCUT2D eigenvalue weighted by molar-refractivity contribution is 5.19. The Kier molecular flexibility index (Phi) is 2.19. The third kappa shape index (κ3) is 2.04. The largest absolute Gasteiger partial charge is 0.381 e. The van der Waals surface area contributed by atoms with Crippen molar-refractivity contribution in [1.29, 1.82) is 0 Å². The van der Waals surface area contributed by atoms with Gasteiger partial charge in [0.25, 0.3) is 0 Å². The Morgan fingerprint density at radius 2 is 2.50 bits per heavy atom. The molecule has 78 valence electrons. The maximum Gasteiger partial charge on any atom is 0.165 e. The second kappa shape index (κ2) is 3.24. The van der Waals surface area contributed by atoms with E-state index in [-0.39, 0.29) is 11.5 Å². The van der Waals surface area contributed by atoms with Crippen LogP contribution in [-0.4, -0.2) is 27.7 Å². The molecule has 5 heteroatoms. The van der Waals surface area contributed by atoms with E-state index in [0.29, 0.717) is 5.82 Å². The van der Waals surface area contributed by atoms with Crippen molar-refractivity contribution in [2.75, 3.05) is 12.3 Å². The summed E-state index contributed by atoms with van der Waals surface area (Å²) in [7, 11) is 0. The topological polar surface area (TPSA) is 66.0 Å². The normalized spacial score (nSPS) is 25.4. The Balaban J connectivity index is 1.94. The zero-order valence-corrected chi connectivity index (χ0v) is 8.60. The van der Waals surface area contributed by atoms with E-state index < -0.39 is 0 Å². The molecule has 1 aliphatic heterocycles. The van der Waals surface area contributed by atoms with Gasteiger partial charge in [-0.15, -0.1) is 5.10 Å². The number of aromatic nitrogens is 3. The van der Waals surface area contributed by atoms with Crippen LogP contribution in [0.3, 0.4) is 0 Å². The van der Waals surface area contributed by atoms with Gasteiger partial charge in [0, 0.05) is 0 Å². The molecule has 0 bridgehead atoms. The second-order valence-electron chi connectivity index (χ2n) is 4.67. The van der Waals surface area contributed by atoms with Crippen LogP contribution in [0.15, 0.2) is 6.20 Å². The van der Waals surface area contributed by atoms with Crippen LogP contribution < -0.4 is 5.73 Å². The highest BCUT2D eigenvalue weighted by atomic mass is 16.5. The Morgan fingerprint density at radius 1 is 1.71 bits per heavy atom. The Labute approximate surface area is 83.2 Å². The van der Waals surface area contributed by atoms with E-state index in [1.165, 1.54) is 0 Å². The molecule has 0 amide bonds. The molecular weight excluding hydrogens is 180 g/mol. The molecule has 1 aliphatic rings.